The van der Waals surface area contributed by atoms with Crippen LogP contribution in [0.3, 0.4) is 0 Å². The summed E-state index contributed by atoms with van der Waals surface area (Å²) < 4.78 is 0.930. The van der Waals surface area contributed by atoms with E-state index in [1.165, 1.54) is 0 Å². The Morgan fingerprint density at radius 2 is 1.95 bits per heavy atom. The summed E-state index contributed by atoms with van der Waals surface area (Å²) in [5.41, 5.74) is 1.84. The summed E-state index contributed by atoms with van der Waals surface area (Å²) in [7, 11) is 0. The maximum atomic E-state index is 9.62. The van der Waals surface area contributed by atoms with Crippen LogP contribution in [0.25, 0.3) is 11.3 Å². The van der Waals surface area contributed by atoms with E-state index in [0.29, 0.717) is 0 Å². The minimum atomic E-state index is -0.182. The van der Waals surface area contributed by atoms with E-state index in [2.05, 4.69) is 35.8 Å². The van der Waals surface area contributed by atoms with Crippen molar-refractivity contribution < 1.29 is 5.11 Å². The van der Waals surface area contributed by atoms with Crippen molar-refractivity contribution in [2.45, 2.75) is 25.9 Å². The number of aliphatic hydroxyl groups excluding tert-OH is 1. The maximum Gasteiger partial charge on any atom is 0.132 e. The predicted octanol–water partition coefficient (Wildman–Crippen LogP) is 2.57. The summed E-state index contributed by atoms with van der Waals surface area (Å²) in [6, 6.07) is 3.99. The number of piperidine rings is 1. The summed E-state index contributed by atoms with van der Waals surface area (Å²) >= 11 is 3.44. The minimum Gasteiger partial charge on any atom is -0.393 e. The van der Waals surface area contributed by atoms with E-state index >= 15 is 0 Å². The Morgan fingerprint density at radius 1 is 1.19 bits per heavy atom. The number of nitrogens with zero attached hydrogens (tertiary/aromatic N) is 4. The van der Waals surface area contributed by atoms with Crippen LogP contribution < -0.4 is 4.90 Å². The number of hydrogen-bond donors (Lipinski definition) is 1. The molecule has 0 bridgehead atoms. The molecule has 6 heteroatoms. The summed E-state index contributed by atoms with van der Waals surface area (Å²) in [6.07, 6.45) is 4.95. The van der Waals surface area contributed by atoms with Gasteiger partial charge in [-0.05, 0) is 41.8 Å². The van der Waals surface area contributed by atoms with Gasteiger partial charge in [0.25, 0.3) is 0 Å². The summed E-state index contributed by atoms with van der Waals surface area (Å²) in [6.45, 7) is 3.55. The predicted molar refractivity (Wildman–Crippen MR) is 85.2 cm³/mol. The van der Waals surface area contributed by atoms with Gasteiger partial charge in [0.1, 0.15) is 11.6 Å². The van der Waals surface area contributed by atoms with Gasteiger partial charge in [0.15, 0.2) is 0 Å². The Balaban J connectivity index is 1.93. The Kier molecular flexibility index (Phi) is 4.17. The molecule has 1 aliphatic heterocycles. The summed E-state index contributed by atoms with van der Waals surface area (Å²) in [5, 5.41) is 9.62. The first-order valence-corrected chi connectivity index (χ1v) is 7.81. The van der Waals surface area contributed by atoms with Gasteiger partial charge < -0.3 is 10.0 Å². The van der Waals surface area contributed by atoms with Crippen molar-refractivity contribution in [2.75, 3.05) is 18.0 Å². The van der Waals surface area contributed by atoms with Crippen LogP contribution in [-0.4, -0.2) is 39.3 Å². The highest BCUT2D eigenvalue weighted by atomic mass is 79.9. The van der Waals surface area contributed by atoms with E-state index in [0.717, 1.165) is 53.3 Å². The molecule has 0 atom stereocenters. The third-order valence-electron chi connectivity index (χ3n) is 3.61. The van der Waals surface area contributed by atoms with Crippen molar-refractivity contribution in [3.63, 3.8) is 0 Å². The Hall–Kier alpha value is -1.53. The molecular formula is C15H17BrN4O. The van der Waals surface area contributed by atoms with Crippen LogP contribution in [0, 0.1) is 6.92 Å². The molecule has 3 rings (SSSR count). The number of pyridine rings is 1. The zero-order valence-electron chi connectivity index (χ0n) is 11.8. The number of aromatic nitrogens is 3. The molecule has 5 nitrogen and oxygen atoms in total. The monoisotopic (exact) mass is 348 g/mol. The number of hydrogen-bond acceptors (Lipinski definition) is 5. The first-order chi connectivity index (χ1) is 10.1. The van der Waals surface area contributed by atoms with Crippen LogP contribution in [0.4, 0.5) is 5.82 Å². The highest BCUT2D eigenvalue weighted by Gasteiger charge is 2.19. The largest absolute Gasteiger partial charge is 0.393 e. The van der Waals surface area contributed by atoms with Gasteiger partial charge in [0.05, 0.1) is 11.8 Å². The second-order valence-electron chi connectivity index (χ2n) is 5.27. The molecule has 0 spiro atoms. The Labute approximate surface area is 132 Å². The number of rotatable bonds is 2. The molecule has 0 unspecified atom stereocenters. The fourth-order valence-corrected chi connectivity index (χ4v) is 2.87. The average Bonchev–Trinajstić information content (AvgIpc) is 2.47. The minimum absolute atomic E-state index is 0.182. The van der Waals surface area contributed by atoms with E-state index in [-0.39, 0.29) is 6.10 Å². The summed E-state index contributed by atoms with van der Waals surface area (Å²) in [5.74, 6) is 1.66. The molecule has 1 fully saturated rings. The highest BCUT2D eigenvalue weighted by Crippen LogP contribution is 2.25. The lowest BCUT2D eigenvalue weighted by atomic mass is 10.1. The fourth-order valence-electron chi connectivity index (χ4n) is 2.51. The maximum absolute atomic E-state index is 9.62. The number of anilines is 1. The second-order valence-corrected chi connectivity index (χ2v) is 6.18. The van der Waals surface area contributed by atoms with Crippen molar-refractivity contribution in [2.24, 2.45) is 0 Å². The van der Waals surface area contributed by atoms with Crippen LogP contribution in [-0.2, 0) is 0 Å². The molecule has 2 aromatic heterocycles. The molecule has 110 valence electrons. The van der Waals surface area contributed by atoms with Crippen molar-refractivity contribution in [3.05, 3.63) is 34.8 Å². The molecule has 2 aromatic rings. The lowest BCUT2D eigenvalue weighted by Gasteiger charge is -2.30. The average molecular weight is 349 g/mol. The molecule has 0 radical (unpaired) electrons. The van der Waals surface area contributed by atoms with E-state index in [1.807, 2.05) is 19.1 Å². The molecule has 0 aliphatic carbocycles. The van der Waals surface area contributed by atoms with Gasteiger partial charge in [-0.15, -0.1) is 0 Å². The normalized spacial score (nSPS) is 16.2. The smallest absolute Gasteiger partial charge is 0.132 e. The standard InChI is InChI=1S/C15H17BrN4O/c1-10-18-14(11-6-12(16)9-17-8-11)7-15(19-10)20-4-2-13(21)3-5-20/h6-9,13,21H,2-5H2,1H3. The molecular weight excluding hydrogens is 332 g/mol. The van der Waals surface area contributed by atoms with Crippen molar-refractivity contribution >= 4 is 21.7 Å². The first-order valence-electron chi connectivity index (χ1n) is 7.01. The molecule has 0 amide bonds. The fraction of sp³-hybridized carbons (Fsp3) is 0.400. The second kappa shape index (κ2) is 6.07. The van der Waals surface area contributed by atoms with Crippen molar-refractivity contribution in [3.8, 4) is 11.3 Å². The van der Waals surface area contributed by atoms with Crippen LogP contribution >= 0.6 is 15.9 Å². The SMILES string of the molecule is Cc1nc(-c2cncc(Br)c2)cc(N2CCC(O)CC2)n1. The molecule has 1 saturated heterocycles. The van der Waals surface area contributed by atoms with Gasteiger partial charge in [0.2, 0.25) is 0 Å². The van der Waals surface area contributed by atoms with Crippen LogP contribution in [0.1, 0.15) is 18.7 Å². The lowest BCUT2D eigenvalue weighted by Crippen LogP contribution is -2.36. The van der Waals surface area contributed by atoms with Gasteiger partial charge >= 0.3 is 0 Å². The third-order valence-corrected chi connectivity index (χ3v) is 4.05. The zero-order valence-corrected chi connectivity index (χ0v) is 13.4. The van der Waals surface area contributed by atoms with E-state index < -0.39 is 0 Å². The number of halogens is 1. The van der Waals surface area contributed by atoms with Crippen LogP contribution in [0.15, 0.2) is 29.0 Å². The molecule has 0 saturated carbocycles. The van der Waals surface area contributed by atoms with Crippen molar-refractivity contribution in [1.29, 1.82) is 0 Å². The van der Waals surface area contributed by atoms with E-state index in [4.69, 9.17) is 0 Å². The van der Waals surface area contributed by atoms with Gasteiger partial charge in [-0.1, -0.05) is 0 Å². The molecule has 1 N–H and O–H groups in total. The van der Waals surface area contributed by atoms with Crippen molar-refractivity contribution in [1.82, 2.24) is 15.0 Å². The molecule has 3 heterocycles. The van der Waals surface area contributed by atoms with Gasteiger partial charge in [0, 0.05) is 41.6 Å². The van der Waals surface area contributed by atoms with E-state index in [1.54, 1.807) is 12.4 Å². The molecule has 21 heavy (non-hydrogen) atoms. The highest BCUT2D eigenvalue weighted by molar-refractivity contribution is 9.10. The summed E-state index contributed by atoms with van der Waals surface area (Å²) in [4.78, 5) is 15.4. The topological polar surface area (TPSA) is 62.1 Å². The van der Waals surface area contributed by atoms with Gasteiger partial charge in [-0.25, -0.2) is 9.97 Å². The number of aryl methyl sites for hydroxylation is 1. The van der Waals surface area contributed by atoms with Gasteiger partial charge in [-0.3, -0.25) is 4.98 Å². The van der Waals surface area contributed by atoms with E-state index in [9.17, 15) is 5.11 Å². The zero-order chi connectivity index (χ0) is 14.8. The first kappa shape index (κ1) is 14.4. The molecule has 1 aliphatic rings. The van der Waals surface area contributed by atoms with Crippen LogP contribution in [0.5, 0.6) is 0 Å². The van der Waals surface area contributed by atoms with Crippen LogP contribution in [0.2, 0.25) is 0 Å². The Bertz CT molecular complexity index is 641. The quantitative estimate of drug-likeness (QED) is 0.903. The number of aliphatic hydroxyl groups is 1. The Morgan fingerprint density at radius 3 is 2.67 bits per heavy atom. The van der Waals surface area contributed by atoms with Gasteiger partial charge in [-0.2, -0.15) is 0 Å². The lowest BCUT2D eigenvalue weighted by molar-refractivity contribution is 0.145. The third kappa shape index (κ3) is 3.39. The molecule has 0 aromatic carbocycles.